The molecule has 9 heteroatoms. The Bertz CT molecular complexity index is 947. The number of ether oxygens (including phenoxy) is 1. The number of benzene rings is 1. The number of nitrogens with two attached hydrogens (primary N) is 1. The van der Waals surface area contributed by atoms with E-state index in [0.717, 1.165) is 0 Å². The van der Waals surface area contributed by atoms with Gasteiger partial charge in [-0.15, -0.1) is 0 Å². The Hall–Kier alpha value is -2.16. The Morgan fingerprint density at radius 1 is 1.26 bits per heavy atom. The Kier molecular flexibility index (Phi) is 6.46. The first kappa shape index (κ1) is 21.1. The van der Waals surface area contributed by atoms with Crippen LogP contribution in [-0.4, -0.2) is 37.4 Å². The molecule has 1 aromatic carbocycles. The standard InChI is InChI=1S/C18H22ClN3O4S/c1-11(2)26-17-16(19)9-14(10-21-17)18(23)22(4)12(3)13-6-5-7-15(8-13)27(20,24)25/h5-12H,1-4H3,(H2,20,24,25). The molecule has 146 valence electrons. The van der Waals surface area contributed by atoms with Crippen LogP contribution in [-0.2, 0) is 10.0 Å². The van der Waals surface area contributed by atoms with Crippen LogP contribution in [0, 0.1) is 0 Å². The molecule has 1 unspecified atom stereocenters. The summed E-state index contributed by atoms with van der Waals surface area (Å²) < 4.78 is 28.5. The Morgan fingerprint density at radius 2 is 1.93 bits per heavy atom. The van der Waals surface area contributed by atoms with E-state index < -0.39 is 16.1 Å². The van der Waals surface area contributed by atoms with Gasteiger partial charge in [-0.3, -0.25) is 4.79 Å². The summed E-state index contributed by atoms with van der Waals surface area (Å²) >= 11 is 6.15. The highest BCUT2D eigenvalue weighted by Crippen LogP contribution is 2.26. The fourth-order valence-electron chi connectivity index (χ4n) is 2.41. The minimum atomic E-state index is -3.82. The van der Waals surface area contributed by atoms with Crippen molar-refractivity contribution in [2.75, 3.05) is 7.05 Å². The van der Waals surface area contributed by atoms with E-state index in [0.29, 0.717) is 11.1 Å². The third kappa shape index (κ3) is 5.18. The van der Waals surface area contributed by atoms with Gasteiger partial charge >= 0.3 is 0 Å². The van der Waals surface area contributed by atoms with E-state index in [9.17, 15) is 13.2 Å². The van der Waals surface area contributed by atoms with Crippen LogP contribution < -0.4 is 9.88 Å². The molecule has 0 spiro atoms. The zero-order chi connectivity index (χ0) is 20.4. The molecule has 0 radical (unpaired) electrons. The van der Waals surface area contributed by atoms with E-state index >= 15 is 0 Å². The fraction of sp³-hybridized carbons (Fsp3) is 0.333. The first-order valence-electron chi connectivity index (χ1n) is 8.23. The normalized spacial score (nSPS) is 12.7. The van der Waals surface area contributed by atoms with Gasteiger partial charge in [-0.2, -0.15) is 0 Å². The summed E-state index contributed by atoms with van der Waals surface area (Å²) in [5, 5.41) is 5.42. The Labute approximate surface area is 164 Å². The molecule has 0 fully saturated rings. The lowest BCUT2D eigenvalue weighted by Crippen LogP contribution is -2.30. The van der Waals surface area contributed by atoms with Crippen molar-refractivity contribution >= 4 is 27.5 Å². The first-order valence-corrected chi connectivity index (χ1v) is 10.1. The number of primary sulfonamides is 1. The van der Waals surface area contributed by atoms with Crippen LogP contribution in [0.2, 0.25) is 5.02 Å². The molecular weight excluding hydrogens is 390 g/mol. The maximum Gasteiger partial charge on any atom is 0.255 e. The average Bonchev–Trinajstić information content (AvgIpc) is 2.60. The molecule has 1 heterocycles. The molecule has 2 aromatic rings. The molecule has 1 amide bonds. The van der Waals surface area contributed by atoms with Crippen molar-refractivity contribution in [2.24, 2.45) is 5.14 Å². The SMILES string of the molecule is CC(C)Oc1ncc(C(=O)N(C)C(C)c2cccc(S(N)(=O)=O)c2)cc1Cl. The van der Waals surface area contributed by atoms with E-state index in [-0.39, 0.29) is 27.8 Å². The third-order valence-electron chi connectivity index (χ3n) is 3.97. The van der Waals surface area contributed by atoms with Crippen LogP contribution in [0.15, 0.2) is 41.4 Å². The predicted octanol–water partition coefficient (Wildman–Crippen LogP) is 3.00. The number of sulfonamides is 1. The van der Waals surface area contributed by atoms with Crippen molar-refractivity contribution < 1.29 is 17.9 Å². The topological polar surface area (TPSA) is 103 Å². The fourth-order valence-corrected chi connectivity index (χ4v) is 3.19. The first-order chi connectivity index (χ1) is 12.5. The lowest BCUT2D eigenvalue weighted by atomic mass is 10.1. The second kappa shape index (κ2) is 8.24. The molecule has 0 saturated carbocycles. The summed E-state index contributed by atoms with van der Waals surface area (Å²) in [4.78, 5) is 18.3. The van der Waals surface area contributed by atoms with Crippen LogP contribution >= 0.6 is 11.6 Å². The lowest BCUT2D eigenvalue weighted by Gasteiger charge is -2.26. The highest BCUT2D eigenvalue weighted by molar-refractivity contribution is 7.89. The number of hydrogen-bond donors (Lipinski definition) is 1. The van der Waals surface area contributed by atoms with Gasteiger partial charge in [0.1, 0.15) is 5.02 Å². The summed E-state index contributed by atoms with van der Waals surface area (Å²) in [7, 11) is -2.21. The number of pyridine rings is 1. The van der Waals surface area contributed by atoms with Gasteiger partial charge in [-0.25, -0.2) is 18.5 Å². The number of carbonyl (C=O) groups is 1. The molecule has 1 aromatic heterocycles. The smallest absolute Gasteiger partial charge is 0.255 e. The summed E-state index contributed by atoms with van der Waals surface area (Å²) in [5.41, 5.74) is 0.934. The minimum Gasteiger partial charge on any atom is -0.474 e. The Morgan fingerprint density at radius 3 is 2.48 bits per heavy atom. The van der Waals surface area contributed by atoms with Crippen LogP contribution in [0.1, 0.15) is 42.7 Å². The van der Waals surface area contributed by atoms with Crippen LogP contribution in [0.4, 0.5) is 0 Å². The van der Waals surface area contributed by atoms with Gasteiger partial charge in [0.05, 0.1) is 22.6 Å². The molecule has 27 heavy (non-hydrogen) atoms. The molecule has 1 atom stereocenters. The molecule has 0 bridgehead atoms. The third-order valence-corrected chi connectivity index (χ3v) is 5.15. The van der Waals surface area contributed by atoms with Crippen molar-refractivity contribution in [3.63, 3.8) is 0 Å². The predicted molar refractivity (Wildman–Crippen MR) is 103 cm³/mol. The van der Waals surface area contributed by atoms with Gasteiger partial charge in [0, 0.05) is 13.2 Å². The van der Waals surface area contributed by atoms with Gasteiger partial charge < -0.3 is 9.64 Å². The van der Waals surface area contributed by atoms with Crippen LogP contribution in [0.3, 0.4) is 0 Å². The monoisotopic (exact) mass is 411 g/mol. The molecular formula is C18H22ClN3O4S. The number of amides is 1. The van der Waals surface area contributed by atoms with E-state index in [1.165, 1.54) is 29.3 Å². The number of hydrogen-bond acceptors (Lipinski definition) is 5. The maximum absolute atomic E-state index is 12.8. The molecule has 0 aliphatic rings. The van der Waals surface area contributed by atoms with Gasteiger partial charge in [0.25, 0.3) is 5.91 Å². The van der Waals surface area contributed by atoms with Gasteiger partial charge in [0.15, 0.2) is 0 Å². The number of rotatable bonds is 6. The van der Waals surface area contributed by atoms with Crippen molar-refractivity contribution in [1.82, 2.24) is 9.88 Å². The number of aromatic nitrogens is 1. The largest absolute Gasteiger partial charge is 0.474 e. The van der Waals surface area contributed by atoms with E-state index in [1.54, 1.807) is 26.1 Å². The molecule has 0 saturated heterocycles. The van der Waals surface area contributed by atoms with Gasteiger partial charge in [0.2, 0.25) is 15.9 Å². The van der Waals surface area contributed by atoms with Crippen LogP contribution in [0.25, 0.3) is 0 Å². The second-order valence-corrected chi connectivity index (χ2v) is 8.36. The van der Waals surface area contributed by atoms with Gasteiger partial charge in [-0.1, -0.05) is 23.7 Å². The van der Waals surface area contributed by atoms with Crippen molar-refractivity contribution in [3.8, 4) is 5.88 Å². The van der Waals surface area contributed by atoms with Crippen molar-refractivity contribution in [1.29, 1.82) is 0 Å². The number of carbonyl (C=O) groups excluding carboxylic acids is 1. The van der Waals surface area contributed by atoms with E-state index in [2.05, 4.69) is 4.98 Å². The molecule has 2 rings (SSSR count). The zero-order valence-electron chi connectivity index (χ0n) is 15.5. The van der Waals surface area contributed by atoms with Crippen LogP contribution in [0.5, 0.6) is 5.88 Å². The second-order valence-electron chi connectivity index (χ2n) is 6.39. The number of nitrogens with zero attached hydrogens (tertiary/aromatic N) is 2. The zero-order valence-corrected chi connectivity index (χ0v) is 17.1. The quantitative estimate of drug-likeness (QED) is 0.786. The summed E-state index contributed by atoms with van der Waals surface area (Å²) in [6.07, 6.45) is 1.31. The highest BCUT2D eigenvalue weighted by atomic mass is 35.5. The molecule has 7 nitrogen and oxygen atoms in total. The molecule has 0 aliphatic carbocycles. The van der Waals surface area contributed by atoms with Crippen molar-refractivity contribution in [2.45, 2.75) is 37.8 Å². The number of halogens is 1. The molecule has 2 N–H and O–H groups in total. The maximum atomic E-state index is 12.8. The van der Waals surface area contributed by atoms with E-state index in [1.807, 2.05) is 13.8 Å². The Balaban J connectivity index is 2.25. The summed E-state index contributed by atoms with van der Waals surface area (Å²) in [5.74, 6) is -0.0474. The van der Waals surface area contributed by atoms with Crippen molar-refractivity contribution in [3.05, 3.63) is 52.7 Å². The molecule has 0 aliphatic heterocycles. The highest BCUT2D eigenvalue weighted by Gasteiger charge is 2.22. The average molecular weight is 412 g/mol. The lowest BCUT2D eigenvalue weighted by molar-refractivity contribution is 0.0742. The van der Waals surface area contributed by atoms with Gasteiger partial charge in [-0.05, 0) is 44.5 Å². The summed E-state index contributed by atoms with van der Waals surface area (Å²) in [6, 6.07) is 7.27. The minimum absolute atomic E-state index is 0.00685. The van der Waals surface area contributed by atoms with E-state index in [4.69, 9.17) is 21.5 Å². The summed E-state index contributed by atoms with van der Waals surface area (Å²) in [6.45, 7) is 5.48.